The summed E-state index contributed by atoms with van der Waals surface area (Å²) in [6.45, 7) is 5.01. The van der Waals surface area contributed by atoms with E-state index in [1.54, 1.807) is 0 Å². The van der Waals surface area contributed by atoms with Crippen LogP contribution in [0.1, 0.15) is 20.8 Å². The van der Waals surface area contributed by atoms with Crippen molar-refractivity contribution in [2.24, 2.45) is 0 Å². The summed E-state index contributed by atoms with van der Waals surface area (Å²) in [6, 6.07) is 17.3. The molecule has 3 rings (SSSR count). The quantitative estimate of drug-likeness (QED) is 0.496. The van der Waals surface area contributed by atoms with Gasteiger partial charge in [0, 0.05) is 0 Å². The van der Waals surface area contributed by atoms with Crippen LogP contribution in [0.4, 0.5) is 0 Å². The first-order valence-corrected chi connectivity index (χ1v) is 8.19. The van der Waals surface area contributed by atoms with Gasteiger partial charge in [-0.3, -0.25) is 0 Å². The van der Waals surface area contributed by atoms with Gasteiger partial charge in [-0.1, -0.05) is 0 Å². The molecule has 0 atom stereocenters. The molecule has 0 aliphatic carbocycles. The molecule has 18 heavy (non-hydrogen) atoms. The van der Waals surface area contributed by atoms with Gasteiger partial charge >= 0.3 is 110 Å². The van der Waals surface area contributed by atoms with Crippen molar-refractivity contribution in [2.45, 2.75) is 25.9 Å². The van der Waals surface area contributed by atoms with E-state index < -0.39 is 6.75 Å². The van der Waals surface area contributed by atoms with E-state index in [9.17, 15) is 0 Å². The first kappa shape index (κ1) is 12.0. The Hall–Kier alpha value is -1.07. The Labute approximate surface area is 110 Å². The first-order valence-electron chi connectivity index (χ1n) is 6.33. The zero-order chi connectivity index (χ0) is 13.0. The van der Waals surface area contributed by atoms with Gasteiger partial charge in [-0.05, 0) is 0 Å². The molecule has 1 heterocycles. The maximum atomic E-state index is 6.97. The van der Waals surface area contributed by atoms with Crippen LogP contribution in [0.25, 0.3) is 11.1 Å². The molecule has 1 aliphatic heterocycles. The van der Waals surface area contributed by atoms with Crippen molar-refractivity contribution >= 4 is 24.5 Å². The van der Waals surface area contributed by atoms with Gasteiger partial charge in [0.05, 0.1) is 0 Å². The van der Waals surface area contributed by atoms with E-state index >= 15 is 0 Å². The van der Waals surface area contributed by atoms with Crippen molar-refractivity contribution < 1.29 is 0 Å². The zero-order valence-corrected chi connectivity index (χ0v) is 12.0. The van der Waals surface area contributed by atoms with Crippen LogP contribution in [-0.4, -0.2) is 12.3 Å². The number of benzene rings is 2. The van der Waals surface area contributed by atoms with Crippen LogP contribution in [0.2, 0.25) is 0 Å². The van der Waals surface area contributed by atoms with Crippen LogP contribution in [0.5, 0.6) is 0 Å². The molecule has 0 amide bonds. The number of rotatable bonds is 0. The standard InChI is InChI=1S/C16H17BP/c1-16(2,3)18(17)14-10-6-4-8-12(14)13-9-5-7-11-15(13)18/h4-11H,1-3H3. The summed E-state index contributed by atoms with van der Waals surface area (Å²) < 4.78 is 0. The van der Waals surface area contributed by atoms with Crippen LogP contribution in [0.3, 0.4) is 0 Å². The van der Waals surface area contributed by atoms with Crippen LogP contribution in [-0.2, 0) is 0 Å². The molecular formula is C16H17BP. The molecule has 0 N–H and O–H groups in total. The molecule has 0 saturated carbocycles. The molecule has 0 fully saturated rings. The fourth-order valence-corrected chi connectivity index (χ4v) is 6.37. The maximum absolute atomic E-state index is 6.97. The Morgan fingerprint density at radius 3 is 1.56 bits per heavy atom. The second-order valence-corrected chi connectivity index (χ2v) is 9.68. The summed E-state index contributed by atoms with van der Waals surface area (Å²) in [7, 11) is 6.97. The third kappa shape index (κ3) is 1.37. The number of hydrogen-bond acceptors (Lipinski definition) is 0. The molecular weight excluding hydrogens is 234 g/mol. The van der Waals surface area contributed by atoms with E-state index in [1.165, 1.54) is 21.7 Å². The molecule has 0 nitrogen and oxygen atoms in total. The summed E-state index contributed by atoms with van der Waals surface area (Å²) in [5.74, 6) is 0. The van der Waals surface area contributed by atoms with Gasteiger partial charge in [0.25, 0.3) is 0 Å². The monoisotopic (exact) mass is 251 g/mol. The molecule has 0 unspecified atom stereocenters. The normalized spacial score (nSPS) is 16.1. The summed E-state index contributed by atoms with van der Waals surface area (Å²) >= 11 is 0. The molecule has 2 heteroatoms. The van der Waals surface area contributed by atoms with E-state index in [0.717, 1.165) is 0 Å². The Balaban J connectivity index is 2.46. The SMILES string of the molecule is [B]=P1(C(C)(C)C)c2ccccc2-c2ccccc21. The summed E-state index contributed by atoms with van der Waals surface area (Å²) in [5.41, 5.74) is 2.66. The number of fused-ring (bicyclic) bond motifs is 3. The van der Waals surface area contributed by atoms with Crippen LogP contribution >= 0.6 is 6.75 Å². The third-order valence-corrected chi connectivity index (χ3v) is 8.33. The second-order valence-electron chi connectivity index (χ2n) is 5.93. The van der Waals surface area contributed by atoms with Gasteiger partial charge in [-0.25, -0.2) is 0 Å². The van der Waals surface area contributed by atoms with Gasteiger partial charge < -0.3 is 0 Å². The molecule has 0 spiro atoms. The van der Waals surface area contributed by atoms with Crippen molar-refractivity contribution in [3.63, 3.8) is 0 Å². The van der Waals surface area contributed by atoms with Crippen LogP contribution < -0.4 is 10.6 Å². The zero-order valence-electron chi connectivity index (χ0n) is 11.1. The summed E-state index contributed by atoms with van der Waals surface area (Å²) in [6.07, 6.45) is 0. The molecule has 1 aliphatic rings. The molecule has 2 aromatic carbocycles. The minimum atomic E-state index is -1.78. The summed E-state index contributed by atoms with van der Waals surface area (Å²) in [5, 5.41) is 2.81. The summed E-state index contributed by atoms with van der Waals surface area (Å²) in [4.78, 5) is 0. The predicted octanol–water partition coefficient (Wildman–Crippen LogP) is 3.52. The van der Waals surface area contributed by atoms with E-state index in [1.807, 2.05) is 0 Å². The average Bonchev–Trinajstić information content (AvgIpc) is 2.62. The molecule has 89 valence electrons. The Kier molecular flexibility index (Phi) is 2.47. The van der Waals surface area contributed by atoms with E-state index in [4.69, 9.17) is 7.18 Å². The van der Waals surface area contributed by atoms with E-state index in [2.05, 4.69) is 69.3 Å². The fraction of sp³-hybridized carbons (Fsp3) is 0.250. The molecule has 0 bridgehead atoms. The topological polar surface area (TPSA) is 0 Å². The van der Waals surface area contributed by atoms with Gasteiger partial charge in [-0.2, -0.15) is 0 Å². The van der Waals surface area contributed by atoms with Crippen molar-refractivity contribution in [2.75, 3.05) is 0 Å². The van der Waals surface area contributed by atoms with Gasteiger partial charge in [0.2, 0.25) is 0 Å². The molecule has 0 aromatic heterocycles. The van der Waals surface area contributed by atoms with Crippen molar-refractivity contribution in [3.8, 4) is 11.1 Å². The third-order valence-electron chi connectivity index (χ3n) is 3.92. The fourth-order valence-electron chi connectivity index (χ4n) is 2.87. The van der Waals surface area contributed by atoms with E-state index in [-0.39, 0.29) is 5.16 Å². The van der Waals surface area contributed by atoms with Gasteiger partial charge in [0.1, 0.15) is 0 Å². The number of hydrogen-bond donors (Lipinski definition) is 0. The Morgan fingerprint density at radius 2 is 1.17 bits per heavy atom. The van der Waals surface area contributed by atoms with Crippen LogP contribution in [0.15, 0.2) is 48.5 Å². The van der Waals surface area contributed by atoms with Crippen molar-refractivity contribution in [3.05, 3.63) is 48.5 Å². The Morgan fingerprint density at radius 1 is 0.778 bits per heavy atom. The van der Waals surface area contributed by atoms with Gasteiger partial charge in [-0.15, -0.1) is 0 Å². The first-order chi connectivity index (χ1) is 8.46. The molecule has 0 saturated heterocycles. The molecule has 1 radical (unpaired) electrons. The average molecular weight is 251 g/mol. The minimum absolute atomic E-state index is 0.0930. The second kappa shape index (κ2) is 3.71. The van der Waals surface area contributed by atoms with Crippen molar-refractivity contribution in [1.29, 1.82) is 0 Å². The van der Waals surface area contributed by atoms with E-state index in [0.29, 0.717) is 0 Å². The predicted molar refractivity (Wildman–Crippen MR) is 83.6 cm³/mol. The Bertz CT molecular complexity index is 615. The van der Waals surface area contributed by atoms with Crippen LogP contribution in [0, 0.1) is 0 Å². The van der Waals surface area contributed by atoms with Gasteiger partial charge in [0.15, 0.2) is 0 Å². The molecule has 2 aromatic rings. The van der Waals surface area contributed by atoms with Crippen molar-refractivity contribution in [1.82, 2.24) is 0 Å².